The van der Waals surface area contributed by atoms with E-state index in [9.17, 15) is 13.2 Å². The molecule has 0 aliphatic rings. The minimum absolute atomic E-state index is 0.0228. The van der Waals surface area contributed by atoms with Crippen molar-refractivity contribution in [2.75, 3.05) is 6.61 Å². The van der Waals surface area contributed by atoms with E-state index in [0.717, 1.165) is 31.2 Å². The summed E-state index contributed by atoms with van der Waals surface area (Å²) >= 11 is 6.08. The van der Waals surface area contributed by atoms with E-state index < -0.39 is 10.7 Å². The molecule has 164 valence electrons. The van der Waals surface area contributed by atoms with E-state index >= 15 is 0 Å². The number of unbranched alkanes of at least 4 members (excludes halogenated alkanes) is 3. The number of halogens is 1. The Labute approximate surface area is 188 Å². The molecule has 0 atom stereocenters. The van der Waals surface area contributed by atoms with Crippen LogP contribution in [0, 0.1) is 0 Å². The van der Waals surface area contributed by atoms with Crippen LogP contribution < -0.4 is 10.3 Å². The first-order valence-electron chi connectivity index (χ1n) is 10.2. The smallest absolute Gasteiger partial charge is 0.314 e. The van der Waals surface area contributed by atoms with Crippen molar-refractivity contribution in [1.82, 2.24) is 9.78 Å². The highest BCUT2D eigenvalue weighted by Crippen LogP contribution is 2.27. The molecule has 0 aliphatic heterocycles. The van der Waals surface area contributed by atoms with Crippen LogP contribution >= 0.6 is 11.6 Å². The summed E-state index contributed by atoms with van der Waals surface area (Å²) in [6.07, 6.45) is 5.70. The second kappa shape index (κ2) is 11.1. The highest BCUT2D eigenvalue weighted by Gasteiger charge is 2.16. The summed E-state index contributed by atoms with van der Waals surface area (Å²) in [5, 5.41) is 4.83. The Kier molecular flexibility index (Phi) is 8.26. The Morgan fingerprint density at radius 1 is 1.06 bits per heavy atom. The van der Waals surface area contributed by atoms with Gasteiger partial charge in [-0.1, -0.05) is 68.1 Å². The Balaban J connectivity index is 1.99. The number of ether oxygens (including phenoxy) is 1. The number of hydrogen-bond acceptors (Lipinski definition) is 5. The monoisotopic (exact) mass is 460 g/mol. The van der Waals surface area contributed by atoms with E-state index in [0.29, 0.717) is 28.4 Å². The lowest BCUT2D eigenvalue weighted by Gasteiger charge is -2.14. The van der Waals surface area contributed by atoms with E-state index in [4.69, 9.17) is 16.3 Å². The molecule has 0 fully saturated rings. The lowest BCUT2D eigenvalue weighted by molar-refractivity contribution is 0.300. The Bertz CT molecular complexity index is 1150. The molecule has 31 heavy (non-hydrogen) atoms. The molecular weight excluding hydrogens is 436 g/mol. The van der Waals surface area contributed by atoms with E-state index in [2.05, 4.69) is 12.0 Å². The van der Waals surface area contributed by atoms with Crippen LogP contribution in [0.1, 0.15) is 38.2 Å². The number of hydrogen-bond donors (Lipinski definition) is 1. The zero-order valence-corrected chi connectivity index (χ0v) is 18.9. The van der Waals surface area contributed by atoms with Gasteiger partial charge in [-0.15, -0.1) is 0 Å². The van der Waals surface area contributed by atoms with Crippen LogP contribution in [-0.2, 0) is 16.5 Å². The van der Waals surface area contributed by atoms with Crippen molar-refractivity contribution in [3.8, 4) is 22.6 Å². The topological polar surface area (TPSA) is 78.3 Å². The Hall–Kier alpha value is -2.64. The predicted molar refractivity (Wildman–Crippen MR) is 124 cm³/mol. The third kappa shape index (κ3) is 6.18. The van der Waals surface area contributed by atoms with Crippen LogP contribution in [0.25, 0.3) is 16.8 Å². The third-order valence-electron chi connectivity index (χ3n) is 4.81. The molecule has 0 radical (unpaired) electrons. The number of benzene rings is 2. The van der Waals surface area contributed by atoms with Crippen LogP contribution in [0.2, 0.25) is 5.02 Å². The number of aromatic nitrogens is 2. The van der Waals surface area contributed by atoms with Gasteiger partial charge in [0.05, 0.1) is 24.2 Å². The molecule has 0 amide bonds. The molecule has 0 saturated carbocycles. The van der Waals surface area contributed by atoms with Gasteiger partial charge in [-0.25, -0.2) is 8.42 Å². The fourth-order valence-electron chi connectivity index (χ4n) is 3.22. The third-order valence-corrected chi connectivity index (χ3v) is 5.67. The van der Waals surface area contributed by atoms with Crippen molar-refractivity contribution in [3.05, 3.63) is 75.7 Å². The molecule has 2 aromatic carbocycles. The van der Waals surface area contributed by atoms with Gasteiger partial charge in [-0.05, 0) is 35.7 Å². The first-order chi connectivity index (χ1) is 15.0. The van der Waals surface area contributed by atoms with Crippen LogP contribution in [-0.4, -0.2) is 24.8 Å². The molecule has 0 aliphatic carbocycles. The molecule has 0 spiro atoms. The predicted octanol–water partition coefficient (Wildman–Crippen LogP) is 4.62. The average Bonchev–Trinajstić information content (AvgIpc) is 2.74. The maximum atomic E-state index is 13.3. The molecule has 3 rings (SSSR count). The van der Waals surface area contributed by atoms with Gasteiger partial charge >= 0.3 is 5.56 Å². The van der Waals surface area contributed by atoms with E-state index in [-0.39, 0.29) is 17.1 Å². The average molecular weight is 461 g/mol. The summed E-state index contributed by atoms with van der Waals surface area (Å²) < 4.78 is 29.2. The largest absolute Gasteiger partial charge is 0.487 e. The summed E-state index contributed by atoms with van der Waals surface area (Å²) in [6.45, 7) is 2.56. The highest BCUT2D eigenvalue weighted by atomic mass is 35.5. The number of nitrogens with zero attached hydrogens (tertiary/aromatic N) is 2. The first-order valence-corrected chi connectivity index (χ1v) is 12.0. The molecule has 0 unspecified atom stereocenters. The normalized spacial score (nSPS) is 11.1. The molecule has 6 nitrogen and oxygen atoms in total. The minimum atomic E-state index is -2.50. The van der Waals surface area contributed by atoms with Crippen molar-refractivity contribution in [3.63, 3.8) is 0 Å². The number of rotatable bonds is 10. The molecule has 0 N–H and O–H groups in total. The summed E-state index contributed by atoms with van der Waals surface area (Å²) in [7, 11) is -2.50. The van der Waals surface area contributed by atoms with Gasteiger partial charge in [0.2, 0.25) is 0 Å². The molecule has 3 aromatic rings. The fraction of sp³-hybridized carbons (Fsp3) is 0.304. The Morgan fingerprint density at radius 2 is 1.84 bits per heavy atom. The van der Waals surface area contributed by atoms with Gasteiger partial charge in [0, 0.05) is 10.6 Å². The summed E-state index contributed by atoms with van der Waals surface area (Å²) in [5.74, 6) is 0.194. The second-order valence-electron chi connectivity index (χ2n) is 7.18. The maximum absolute atomic E-state index is 13.3. The molecule has 0 bridgehead atoms. The van der Waals surface area contributed by atoms with E-state index in [1.54, 1.807) is 54.7 Å². The molecule has 1 heterocycles. The fourth-order valence-corrected chi connectivity index (χ4v) is 3.91. The van der Waals surface area contributed by atoms with Crippen molar-refractivity contribution < 1.29 is 13.2 Å². The van der Waals surface area contributed by atoms with Gasteiger partial charge in [0.1, 0.15) is 10.7 Å². The molecule has 0 saturated heterocycles. The second-order valence-corrected chi connectivity index (χ2v) is 8.60. The van der Waals surface area contributed by atoms with Gasteiger partial charge in [0.25, 0.3) is 0 Å². The van der Waals surface area contributed by atoms with Crippen LogP contribution in [0.15, 0.2) is 59.5 Å². The summed E-state index contributed by atoms with van der Waals surface area (Å²) in [5.41, 5.74) is 2.16. The summed E-state index contributed by atoms with van der Waals surface area (Å²) in [4.78, 5) is 13.3. The lowest BCUT2D eigenvalue weighted by atomic mass is 10.1. The highest BCUT2D eigenvalue weighted by molar-refractivity contribution is 7.71. The molecule has 8 heteroatoms. The van der Waals surface area contributed by atoms with E-state index in [1.165, 1.54) is 4.68 Å². The standard InChI is InChI=1S/C23H25ClN2O4S/c1-2-3-4-5-13-30-22-21(18-11-9-17(10-12-18)16-31(28)29)15-25-26(23(22)27)20-8-6-7-19(24)14-20/h6-12,14-15,31H,2-5,13,16H2,1H3. The quantitative estimate of drug-likeness (QED) is 0.352. The minimum Gasteiger partial charge on any atom is -0.487 e. The van der Waals surface area contributed by atoms with Crippen molar-refractivity contribution in [1.29, 1.82) is 0 Å². The van der Waals surface area contributed by atoms with Gasteiger partial charge in [-0.2, -0.15) is 9.78 Å². The van der Waals surface area contributed by atoms with E-state index in [1.807, 2.05) is 0 Å². The summed E-state index contributed by atoms with van der Waals surface area (Å²) in [6, 6.07) is 13.9. The van der Waals surface area contributed by atoms with Crippen LogP contribution in [0.5, 0.6) is 5.75 Å². The number of thiol groups is 1. The van der Waals surface area contributed by atoms with Crippen molar-refractivity contribution in [2.45, 2.75) is 38.4 Å². The Morgan fingerprint density at radius 3 is 2.52 bits per heavy atom. The maximum Gasteiger partial charge on any atom is 0.314 e. The van der Waals surface area contributed by atoms with Crippen LogP contribution in [0.3, 0.4) is 0 Å². The van der Waals surface area contributed by atoms with Crippen molar-refractivity contribution in [2.24, 2.45) is 0 Å². The lowest BCUT2D eigenvalue weighted by Crippen LogP contribution is -2.24. The van der Waals surface area contributed by atoms with Crippen LogP contribution in [0.4, 0.5) is 0 Å². The zero-order chi connectivity index (χ0) is 22.2. The van der Waals surface area contributed by atoms with Gasteiger partial charge in [-0.3, -0.25) is 4.79 Å². The molecule has 1 aromatic heterocycles. The molecular formula is C23H25ClN2O4S. The van der Waals surface area contributed by atoms with Gasteiger partial charge in [0.15, 0.2) is 5.75 Å². The van der Waals surface area contributed by atoms with Gasteiger partial charge < -0.3 is 4.74 Å². The first kappa shape index (κ1) is 23.0. The SMILES string of the molecule is CCCCCCOc1c(-c2ccc(C[SH](=O)=O)cc2)cnn(-c2cccc(Cl)c2)c1=O. The van der Waals surface area contributed by atoms with Crippen molar-refractivity contribution >= 4 is 22.3 Å². The zero-order valence-electron chi connectivity index (χ0n) is 17.3.